The molecule has 1 aliphatic heterocycles. The predicted molar refractivity (Wildman–Crippen MR) is 61.8 cm³/mol. The van der Waals surface area contributed by atoms with Crippen molar-refractivity contribution >= 4 is 0 Å². The maximum Gasteiger partial charge on any atom is 0.0448 e. The smallest absolute Gasteiger partial charge is 0.0448 e. The molecule has 1 heterocycles. The molecule has 0 aromatic carbocycles. The van der Waals surface area contributed by atoms with E-state index in [0.29, 0.717) is 0 Å². The molecule has 0 saturated heterocycles. The zero-order valence-corrected chi connectivity index (χ0v) is 9.84. The molecular weight excluding hydrogens is 172 g/mol. The third-order valence-electron chi connectivity index (χ3n) is 2.73. The van der Waals surface area contributed by atoms with Gasteiger partial charge in [0.05, 0.1) is 0 Å². The number of hydrogen-bond acceptors (Lipinski definition) is 2. The van der Waals surface area contributed by atoms with Crippen molar-refractivity contribution in [1.82, 2.24) is 10.4 Å². The Balaban J connectivity index is 0.000000293. The van der Waals surface area contributed by atoms with Gasteiger partial charge in [0.1, 0.15) is 0 Å². The number of rotatable bonds is 2. The van der Waals surface area contributed by atoms with E-state index in [1.807, 2.05) is 0 Å². The number of nitrogens with zero attached hydrogens (tertiary/aromatic N) is 1. The second-order valence-corrected chi connectivity index (χ2v) is 4.17. The molecule has 0 radical (unpaired) electrons. The normalized spacial score (nSPS) is 21.1. The van der Waals surface area contributed by atoms with Gasteiger partial charge in [-0.1, -0.05) is 27.2 Å². The first kappa shape index (κ1) is 11.6. The average molecular weight is 196 g/mol. The third kappa shape index (κ3) is 3.02. The van der Waals surface area contributed by atoms with Crippen molar-refractivity contribution in [3.63, 3.8) is 0 Å². The van der Waals surface area contributed by atoms with Crippen molar-refractivity contribution in [2.24, 2.45) is 0 Å². The minimum Gasteiger partial charge on any atom is -0.312 e. The number of nitrogens with one attached hydrogen (secondary N) is 1. The van der Waals surface area contributed by atoms with Crippen molar-refractivity contribution in [2.45, 2.75) is 58.9 Å². The predicted octanol–water partition coefficient (Wildman–Crippen LogP) is 3.07. The summed E-state index contributed by atoms with van der Waals surface area (Å²) in [5.41, 5.74) is 4.94. The van der Waals surface area contributed by atoms with Crippen molar-refractivity contribution in [3.05, 3.63) is 11.8 Å². The first-order chi connectivity index (χ1) is 6.81. The summed E-state index contributed by atoms with van der Waals surface area (Å²) in [5, 5.41) is 2.31. The quantitative estimate of drug-likeness (QED) is 0.730. The molecule has 14 heavy (non-hydrogen) atoms. The molecule has 0 spiro atoms. The molecule has 0 aromatic rings. The van der Waals surface area contributed by atoms with Crippen molar-refractivity contribution in [3.8, 4) is 0 Å². The molecule has 1 aliphatic carbocycles. The fourth-order valence-electron chi connectivity index (χ4n) is 1.60. The molecule has 1 fully saturated rings. The molecular formula is C12H24N2. The Hall–Kier alpha value is -0.500. The van der Waals surface area contributed by atoms with E-state index in [1.54, 1.807) is 0 Å². The van der Waals surface area contributed by atoms with E-state index >= 15 is 0 Å². The fourth-order valence-corrected chi connectivity index (χ4v) is 1.60. The van der Waals surface area contributed by atoms with Crippen molar-refractivity contribution < 1.29 is 0 Å². The topological polar surface area (TPSA) is 15.3 Å². The van der Waals surface area contributed by atoms with Gasteiger partial charge in [-0.25, -0.2) is 5.43 Å². The van der Waals surface area contributed by atoms with E-state index in [-0.39, 0.29) is 0 Å². The van der Waals surface area contributed by atoms with Crippen LogP contribution in [0.15, 0.2) is 11.8 Å². The average Bonchev–Trinajstić information content (AvgIpc) is 2.51. The second-order valence-electron chi connectivity index (χ2n) is 4.17. The Kier molecular flexibility index (Phi) is 5.02. The monoisotopic (exact) mass is 196 g/mol. The van der Waals surface area contributed by atoms with Gasteiger partial charge in [-0.15, -0.1) is 0 Å². The van der Waals surface area contributed by atoms with Crippen LogP contribution in [0.25, 0.3) is 0 Å². The van der Waals surface area contributed by atoms with Gasteiger partial charge in [0.25, 0.3) is 0 Å². The van der Waals surface area contributed by atoms with Gasteiger partial charge in [-0.05, 0) is 31.3 Å². The van der Waals surface area contributed by atoms with Gasteiger partial charge in [-0.2, -0.15) is 0 Å². The van der Waals surface area contributed by atoms with E-state index in [1.165, 1.54) is 37.7 Å². The van der Waals surface area contributed by atoms with Gasteiger partial charge in [0, 0.05) is 18.8 Å². The maximum atomic E-state index is 3.40. The Bertz CT molecular complexity index is 183. The minimum atomic E-state index is 0.805. The van der Waals surface area contributed by atoms with Crippen molar-refractivity contribution in [2.75, 3.05) is 6.54 Å². The van der Waals surface area contributed by atoms with Gasteiger partial charge in [-0.3, -0.25) is 0 Å². The Morgan fingerprint density at radius 2 is 2.00 bits per heavy atom. The van der Waals surface area contributed by atoms with Crippen LogP contribution in [0.2, 0.25) is 0 Å². The lowest BCUT2D eigenvalue weighted by Gasteiger charge is -2.34. The molecule has 2 aliphatic rings. The minimum absolute atomic E-state index is 0.805. The number of hydrogen-bond donors (Lipinski definition) is 1. The molecule has 0 amide bonds. The molecule has 1 saturated carbocycles. The van der Waals surface area contributed by atoms with E-state index < -0.39 is 0 Å². The Morgan fingerprint density at radius 1 is 1.36 bits per heavy atom. The first-order valence-electron chi connectivity index (χ1n) is 6.03. The summed E-state index contributed by atoms with van der Waals surface area (Å²) in [5.74, 6) is 0. The summed E-state index contributed by atoms with van der Waals surface area (Å²) < 4.78 is 0. The lowest BCUT2D eigenvalue weighted by molar-refractivity contribution is 0.145. The van der Waals surface area contributed by atoms with Crippen LogP contribution < -0.4 is 5.43 Å². The Morgan fingerprint density at radius 3 is 2.36 bits per heavy atom. The summed E-state index contributed by atoms with van der Waals surface area (Å²) in [7, 11) is 0. The van der Waals surface area contributed by atoms with Gasteiger partial charge in [0.15, 0.2) is 0 Å². The number of hydrazine groups is 1. The highest BCUT2D eigenvalue weighted by Gasteiger charge is 2.25. The highest BCUT2D eigenvalue weighted by atomic mass is 15.5. The van der Waals surface area contributed by atoms with Crippen LogP contribution in [0, 0.1) is 0 Å². The molecule has 82 valence electrons. The SMILES string of the molecule is CCC.CCC1=CN(C2CCC2)NC1. The second kappa shape index (κ2) is 6.07. The highest BCUT2D eigenvalue weighted by molar-refractivity contribution is 5.08. The summed E-state index contributed by atoms with van der Waals surface area (Å²) in [6, 6.07) is 0.805. The largest absolute Gasteiger partial charge is 0.312 e. The molecule has 0 unspecified atom stereocenters. The molecule has 1 N–H and O–H groups in total. The standard InChI is InChI=1S/C9H16N2.C3H8/c1-2-8-6-10-11(7-8)9-4-3-5-9;1-3-2/h7,9-10H,2-6H2,1H3;3H2,1-2H3. The molecule has 0 bridgehead atoms. The summed E-state index contributed by atoms with van der Waals surface area (Å²) in [6.07, 6.45) is 8.90. The van der Waals surface area contributed by atoms with Crippen LogP contribution in [0.3, 0.4) is 0 Å². The van der Waals surface area contributed by atoms with Gasteiger partial charge >= 0.3 is 0 Å². The van der Waals surface area contributed by atoms with Crippen molar-refractivity contribution in [1.29, 1.82) is 0 Å². The van der Waals surface area contributed by atoms with Gasteiger partial charge < -0.3 is 5.01 Å². The zero-order valence-electron chi connectivity index (χ0n) is 9.84. The highest BCUT2D eigenvalue weighted by Crippen LogP contribution is 2.26. The molecule has 2 rings (SSSR count). The van der Waals surface area contributed by atoms with Crippen LogP contribution in [-0.2, 0) is 0 Å². The maximum absolute atomic E-state index is 3.40. The van der Waals surface area contributed by atoms with Crippen LogP contribution in [0.1, 0.15) is 52.9 Å². The lowest BCUT2D eigenvalue weighted by atomic mass is 9.93. The van der Waals surface area contributed by atoms with Crippen LogP contribution in [-0.4, -0.2) is 17.6 Å². The van der Waals surface area contributed by atoms with E-state index in [2.05, 4.69) is 37.4 Å². The van der Waals surface area contributed by atoms with Gasteiger partial charge in [0.2, 0.25) is 0 Å². The van der Waals surface area contributed by atoms with E-state index in [0.717, 1.165) is 12.6 Å². The summed E-state index contributed by atoms with van der Waals surface area (Å²) >= 11 is 0. The van der Waals surface area contributed by atoms with E-state index in [4.69, 9.17) is 0 Å². The fraction of sp³-hybridized carbons (Fsp3) is 0.833. The molecule has 0 aromatic heterocycles. The molecule has 2 nitrogen and oxygen atoms in total. The lowest BCUT2D eigenvalue weighted by Crippen LogP contribution is -2.42. The molecule has 0 atom stereocenters. The van der Waals surface area contributed by atoms with Crippen LogP contribution >= 0.6 is 0 Å². The van der Waals surface area contributed by atoms with Crippen LogP contribution in [0.5, 0.6) is 0 Å². The third-order valence-corrected chi connectivity index (χ3v) is 2.73. The summed E-state index contributed by atoms with van der Waals surface area (Å²) in [4.78, 5) is 0. The van der Waals surface area contributed by atoms with Crippen LogP contribution in [0.4, 0.5) is 0 Å². The zero-order chi connectivity index (χ0) is 10.4. The Labute approximate surface area is 88.3 Å². The summed E-state index contributed by atoms with van der Waals surface area (Å²) in [6.45, 7) is 7.55. The van der Waals surface area contributed by atoms with E-state index in [9.17, 15) is 0 Å². The first-order valence-corrected chi connectivity index (χ1v) is 6.03. The molecule has 2 heteroatoms.